The molecular weight excluding hydrogens is 256 g/mol. The molecule has 0 aliphatic carbocycles. The van der Waals surface area contributed by atoms with Crippen LogP contribution in [0.15, 0.2) is 16.4 Å². The van der Waals surface area contributed by atoms with E-state index in [2.05, 4.69) is 25.3 Å². The predicted octanol–water partition coefficient (Wildman–Crippen LogP) is -0.937. The van der Waals surface area contributed by atoms with E-state index in [1.165, 1.54) is 18.0 Å². The van der Waals surface area contributed by atoms with E-state index in [1.54, 1.807) is 0 Å². The fourth-order valence-electron chi connectivity index (χ4n) is 1.72. The summed E-state index contributed by atoms with van der Waals surface area (Å²) >= 11 is 0. The molecule has 1 aliphatic heterocycles. The van der Waals surface area contributed by atoms with Crippen molar-refractivity contribution in [3.05, 3.63) is 22.5 Å². The quantitative estimate of drug-likeness (QED) is 0.239. The molecule has 2 rings (SSSR count). The Hall–Kier alpha value is -2.17. The molecule has 0 fully saturated rings. The number of aliphatic hydroxyl groups excluding tert-OH is 1. The molecule has 102 valence electrons. The number of imidazole rings is 1. The molecule has 2 atom stereocenters. The highest BCUT2D eigenvalue weighted by Crippen LogP contribution is 2.26. The van der Waals surface area contributed by atoms with E-state index in [0.29, 0.717) is 5.82 Å². The van der Waals surface area contributed by atoms with Gasteiger partial charge in [0.25, 0.3) is 0 Å². The molecule has 0 bridgehead atoms. The average Bonchev–Trinajstić information content (AvgIpc) is 2.74. The fraction of sp³-hybridized carbons (Fsp3) is 0.500. The van der Waals surface area contributed by atoms with Gasteiger partial charge in [-0.1, -0.05) is 0 Å². The van der Waals surface area contributed by atoms with Crippen LogP contribution in [0, 0.1) is 0 Å². The van der Waals surface area contributed by atoms with E-state index in [1.807, 2.05) is 0 Å². The molecule has 0 spiro atoms. The van der Waals surface area contributed by atoms with Gasteiger partial charge in [-0.2, -0.15) is 0 Å². The zero-order valence-corrected chi connectivity index (χ0v) is 9.87. The number of hydrogen-bond donors (Lipinski definition) is 4. The number of rotatable bonds is 3. The molecule has 2 unspecified atom stereocenters. The summed E-state index contributed by atoms with van der Waals surface area (Å²) in [7, 11) is 1.31. The van der Waals surface area contributed by atoms with Crippen LogP contribution in [0.1, 0.15) is 11.9 Å². The lowest BCUT2D eigenvalue weighted by Crippen LogP contribution is -2.35. The van der Waals surface area contributed by atoms with Crippen LogP contribution in [-0.2, 0) is 4.74 Å². The molecule has 0 amide bonds. The number of anilines is 1. The Bertz CT molecular complexity index is 546. The van der Waals surface area contributed by atoms with Gasteiger partial charge in [0.05, 0.1) is 6.33 Å². The highest BCUT2D eigenvalue weighted by molar-refractivity contribution is 6.03. The number of aliphatic imine (C=N–C) groups is 1. The van der Waals surface area contributed by atoms with Crippen molar-refractivity contribution in [2.75, 3.05) is 12.4 Å². The normalized spacial score (nSPS) is 19.2. The summed E-state index contributed by atoms with van der Waals surface area (Å²) in [6.45, 7) is 0. The Labute approximate surface area is 107 Å². The van der Waals surface area contributed by atoms with Crippen LogP contribution in [0.3, 0.4) is 0 Å². The van der Waals surface area contributed by atoms with Gasteiger partial charge in [-0.05, 0) is 10.6 Å². The number of nitrogens with two attached hydrogens (primary N) is 1. The Balaban J connectivity index is 2.48. The number of nitrogens with zero attached hydrogens (tertiary/aromatic N) is 6. The number of fused-ring (bicyclic) bond motifs is 1. The van der Waals surface area contributed by atoms with Crippen LogP contribution in [-0.4, -0.2) is 45.3 Å². The first kappa shape index (κ1) is 13.3. The third kappa shape index (κ3) is 2.36. The average molecular weight is 268 g/mol. The lowest BCUT2D eigenvalue weighted by Gasteiger charge is -2.24. The minimum atomic E-state index is -1.76. The molecule has 2 heterocycles. The predicted molar refractivity (Wildman–Crippen MR) is 63.8 cm³/mol. The smallest absolute Gasteiger partial charge is 0.198 e. The van der Waals surface area contributed by atoms with Crippen LogP contribution in [0.25, 0.3) is 10.4 Å². The monoisotopic (exact) mass is 268 g/mol. The van der Waals surface area contributed by atoms with Gasteiger partial charge >= 0.3 is 0 Å². The van der Waals surface area contributed by atoms with Crippen molar-refractivity contribution < 1.29 is 14.9 Å². The molecule has 0 aromatic carbocycles. The van der Waals surface area contributed by atoms with Gasteiger partial charge in [-0.3, -0.25) is 10.3 Å². The minimum absolute atomic E-state index is 0.0183. The minimum Gasteiger partial charge on any atom is -0.364 e. The van der Waals surface area contributed by atoms with Gasteiger partial charge in [0.15, 0.2) is 24.6 Å². The lowest BCUT2D eigenvalue weighted by atomic mass is 10.3. The maximum Gasteiger partial charge on any atom is 0.198 e. The maximum atomic E-state index is 9.23. The van der Waals surface area contributed by atoms with E-state index >= 15 is 0 Å². The molecule has 1 aliphatic rings. The molecule has 11 heteroatoms. The standard InChI is InChI=1S/C8H12N8O3/c1-19-6(7(17)18)16-2-11-3-4(14-15-10)12-8(9)13-5(3)16/h2,6-8,13,17-18H,9H2,1H3. The number of aliphatic hydroxyl groups is 2. The number of ether oxygens (including phenoxy) is 1. The van der Waals surface area contributed by atoms with Crippen LogP contribution in [0.5, 0.6) is 0 Å². The van der Waals surface area contributed by atoms with Crippen molar-refractivity contribution in [1.82, 2.24) is 9.55 Å². The summed E-state index contributed by atoms with van der Waals surface area (Å²) in [6, 6.07) is 0. The second kappa shape index (κ2) is 5.22. The van der Waals surface area contributed by atoms with Crippen molar-refractivity contribution in [2.24, 2.45) is 15.8 Å². The first-order valence-electron chi connectivity index (χ1n) is 5.19. The third-order valence-corrected chi connectivity index (χ3v) is 2.46. The van der Waals surface area contributed by atoms with Crippen molar-refractivity contribution in [1.29, 1.82) is 0 Å². The van der Waals surface area contributed by atoms with E-state index in [0.717, 1.165) is 0 Å². The van der Waals surface area contributed by atoms with Gasteiger partial charge in [0.2, 0.25) is 0 Å². The Kier molecular flexibility index (Phi) is 3.64. The first-order chi connectivity index (χ1) is 9.08. The summed E-state index contributed by atoms with van der Waals surface area (Å²) in [4.78, 5) is 10.5. The Morgan fingerprint density at radius 1 is 1.68 bits per heavy atom. The molecule has 1 aromatic heterocycles. The summed E-state index contributed by atoms with van der Waals surface area (Å²) in [5.41, 5.74) is 14.3. The number of azide groups is 1. The molecule has 0 saturated heterocycles. The van der Waals surface area contributed by atoms with Gasteiger partial charge in [0, 0.05) is 12.0 Å². The lowest BCUT2D eigenvalue weighted by molar-refractivity contribution is -0.165. The van der Waals surface area contributed by atoms with E-state index < -0.39 is 18.8 Å². The van der Waals surface area contributed by atoms with Gasteiger partial charge < -0.3 is 20.3 Å². The largest absolute Gasteiger partial charge is 0.364 e. The molecule has 0 saturated carbocycles. The second-order valence-electron chi connectivity index (χ2n) is 3.62. The summed E-state index contributed by atoms with van der Waals surface area (Å²) < 4.78 is 6.27. The molecule has 5 N–H and O–H groups in total. The number of aromatic nitrogens is 2. The Morgan fingerprint density at radius 3 is 3.00 bits per heavy atom. The molecule has 1 aromatic rings. The van der Waals surface area contributed by atoms with E-state index in [-0.39, 0.29) is 11.5 Å². The van der Waals surface area contributed by atoms with Crippen LogP contribution < -0.4 is 11.1 Å². The van der Waals surface area contributed by atoms with Crippen molar-refractivity contribution >= 4 is 11.7 Å². The SMILES string of the molecule is COC(C(O)O)n1cnc2c1NC(N)N=C2N=[N+]=[N-]. The Morgan fingerprint density at radius 2 is 2.42 bits per heavy atom. The van der Waals surface area contributed by atoms with Gasteiger partial charge in [0.1, 0.15) is 11.5 Å². The fourth-order valence-corrected chi connectivity index (χ4v) is 1.72. The maximum absolute atomic E-state index is 9.23. The van der Waals surface area contributed by atoms with E-state index in [4.69, 9.17) is 16.0 Å². The van der Waals surface area contributed by atoms with Gasteiger partial charge in [-0.15, -0.1) is 0 Å². The molecular formula is C8H12N8O3. The van der Waals surface area contributed by atoms with Crippen molar-refractivity contribution in [3.8, 4) is 0 Å². The van der Waals surface area contributed by atoms with Crippen LogP contribution in [0.2, 0.25) is 0 Å². The summed E-state index contributed by atoms with van der Waals surface area (Å²) in [5.74, 6) is 0.342. The second-order valence-corrected chi connectivity index (χ2v) is 3.62. The van der Waals surface area contributed by atoms with E-state index in [9.17, 15) is 10.2 Å². The zero-order chi connectivity index (χ0) is 14.0. The molecule has 0 radical (unpaired) electrons. The van der Waals surface area contributed by atoms with Crippen molar-refractivity contribution in [2.45, 2.75) is 18.8 Å². The summed E-state index contributed by atoms with van der Waals surface area (Å²) in [6.07, 6.45) is -2.38. The number of methoxy groups -OCH3 is 1. The third-order valence-electron chi connectivity index (χ3n) is 2.46. The number of hydrogen-bond acceptors (Lipinski definition) is 8. The highest BCUT2D eigenvalue weighted by Gasteiger charge is 2.28. The topological polar surface area (TPSA) is 167 Å². The zero-order valence-electron chi connectivity index (χ0n) is 9.87. The number of nitrogens with one attached hydrogen (secondary N) is 1. The molecule has 11 nitrogen and oxygen atoms in total. The van der Waals surface area contributed by atoms with Crippen LogP contribution in [0.4, 0.5) is 5.82 Å². The van der Waals surface area contributed by atoms with Crippen LogP contribution >= 0.6 is 0 Å². The van der Waals surface area contributed by atoms with Gasteiger partial charge in [-0.25, -0.2) is 9.98 Å². The first-order valence-corrected chi connectivity index (χ1v) is 5.19. The van der Waals surface area contributed by atoms with Crippen molar-refractivity contribution in [3.63, 3.8) is 0 Å². The number of amidine groups is 1. The summed E-state index contributed by atoms with van der Waals surface area (Å²) in [5, 5.41) is 24.6. The molecule has 19 heavy (non-hydrogen) atoms. The highest BCUT2D eigenvalue weighted by atomic mass is 16.6.